The molecule has 1 heterocycles. The van der Waals surface area contributed by atoms with Gasteiger partial charge in [0.05, 0.1) is 17.2 Å². The molecule has 0 unspecified atom stereocenters. The molecule has 3 aromatic carbocycles. The first-order chi connectivity index (χ1) is 16.9. The van der Waals surface area contributed by atoms with Crippen molar-refractivity contribution in [3.63, 3.8) is 0 Å². The average molecular weight is 510 g/mol. The summed E-state index contributed by atoms with van der Waals surface area (Å²) in [7, 11) is -4.02. The maximum absolute atomic E-state index is 12.2. The van der Waals surface area contributed by atoms with E-state index >= 15 is 0 Å². The Morgan fingerprint density at radius 3 is 2.34 bits per heavy atom. The van der Waals surface area contributed by atoms with Crippen LogP contribution in [0.25, 0.3) is 16.9 Å². The zero-order valence-electron chi connectivity index (χ0n) is 19.0. The molecule has 35 heavy (non-hydrogen) atoms. The molecule has 7 nitrogen and oxygen atoms in total. The summed E-state index contributed by atoms with van der Waals surface area (Å²) >= 11 is 5.77. The summed E-state index contributed by atoms with van der Waals surface area (Å²) in [6, 6.07) is 23.4. The number of nitrogens with zero attached hydrogens (tertiary/aromatic N) is 2. The van der Waals surface area contributed by atoms with Crippen molar-refractivity contribution >= 4 is 27.7 Å². The molecule has 0 saturated heterocycles. The first kappa shape index (κ1) is 24.5. The molecule has 4 aromatic rings. The van der Waals surface area contributed by atoms with Gasteiger partial charge in [0, 0.05) is 35.3 Å². The van der Waals surface area contributed by atoms with E-state index in [1.54, 1.807) is 0 Å². The summed E-state index contributed by atoms with van der Waals surface area (Å²) in [6.07, 6.45) is 2.22. The number of sulfonamides is 1. The molecule has 4 rings (SSSR count). The monoisotopic (exact) mass is 509 g/mol. The number of rotatable bonds is 8. The minimum absolute atomic E-state index is 0.0325. The number of ether oxygens (including phenoxy) is 1. The number of halogens is 1. The third-order valence-electron chi connectivity index (χ3n) is 5.34. The molecule has 0 saturated carbocycles. The van der Waals surface area contributed by atoms with Crippen LogP contribution in [-0.4, -0.2) is 30.7 Å². The molecule has 0 atom stereocenters. The van der Waals surface area contributed by atoms with Crippen molar-refractivity contribution in [1.82, 2.24) is 14.3 Å². The number of nitrogens with one attached hydrogen (secondary N) is 1. The molecule has 1 amide bonds. The van der Waals surface area contributed by atoms with Crippen LogP contribution in [0.4, 0.5) is 4.79 Å². The van der Waals surface area contributed by atoms with Gasteiger partial charge in [0.1, 0.15) is 5.82 Å². The van der Waals surface area contributed by atoms with E-state index in [1.165, 1.54) is 24.3 Å². The normalized spacial score (nSPS) is 11.3. The summed E-state index contributed by atoms with van der Waals surface area (Å²) in [5.41, 5.74) is 3.90. The van der Waals surface area contributed by atoms with Gasteiger partial charge in [-0.15, -0.1) is 0 Å². The number of benzene rings is 3. The van der Waals surface area contributed by atoms with E-state index in [0.717, 1.165) is 34.8 Å². The number of amides is 1. The van der Waals surface area contributed by atoms with Gasteiger partial charge >= 0.3 is 6.09 Å². The molecule has 9 heteroatoms. The van der Waals surface area contributed by atoms with Gasteiger partial charge in [-0.2, -0.15) is 0 Å². The lowest BCUT2D eigenvalue weighted by Crippen LogP contribution is -2.31. The van der Waals surface area contributed by atoms with Crippen molar-refractivity contribution in [1.29, 1.82) is 0 Å². The molecule has 0 fully saturated rings. The lowest BCUT2D eigenvalue weighted by atomic mass is 10.1. The van der Waals surface area contributed by atoms with Crippen LogP contribution in [0.2, 0.25) is 5.02 Å². The molecule has 1 N–H and O–H groups in total. The maximum Gasteiger partial charge on any atom is 0.421 e. The fourth-order valence-corrected chi connectivity index (χ4v) is 4.55. The second-order valence-corrected chi connectivity index (χ2v) is 9.86. The van der Waals surface area contributed by atoms with E-state index in [-0.39, 0.29) is 11.5 Å². The van der Waals surface area contributed by atoms with E-state index in [9.17, 15) is 13.2 Å². The van der Waals surface area contributed by atoms with E-state index in [4.69, 9.17) is 21.3 Å². The first-order valence-electron chi connectivity index (χ1n) is 11.0. The Kier molecular flexibility index (Phi) is 7.53. The fraction of sp³-hybridized carbons (Fsp3) is 0.154. The lowest BCUT2D eigenvalue weighted by Gasteiger charge is -2.09. The van der Waals surface area contributed by atoms with Crippen LogP contribution in [0.15, 0.2) is 90.0 Å². The van der Waals surface area contributed by atoms with Gasteiger partial charge in [0.2, 0.25) is 0 Å². The Bertz CT molecular complexity index is 1400. The summed E-state index contributed by atoms with van der Waals surface area (Å²) in [6.45, 7) is 2.10. The van der Waals surface area contributed by atoms with Gasteiger partial charge in [-0.3, -0.25) is 0 Å². The number of carbonyl (C=O) groups is 1. The highest BCUT2D eigenvalue weighted by Gasteiger charge is 2.18. The predicted octanol–water partition coefficient (Wildman–Crippen LogP) is 5.41. The number of hydrogen-bond donors (Lipinski definition) is 1. The van der Waals surface area contributed by atoms with Gasteiger partial charge in [-0.1, -0.05) is 61.0 Å². The van der Waals surface area contributed by atoms with Crippen LogP contribution in [-0.2, 0) is 27.6 Å². The van der Waals surface area contributed by atoms with Gasteiger partial charge in [0.25, 0.3) is 10.0 Å². The van der Waals surface area contributed by atoms with E-state index in [0.29, 0.717) is 11.4 Å². The quantitative estimate of drug-likeness (QED) is 0.343. The van der Waals surface area contributed by atoms with Crippen molar-refractivity contribution in [3.05, 3.63) is 101 Å². The molecular formula is C26H24ClN3O4S. The average Bonchev–Trinajstić information content (AvgIpc) is 3.30. The fourth-order valence-electron chi connectivity index (χ4n) is 3.54. The molecule has 180 valence electrons. The molecular weight excluding hydrogens is 486 g/mol. The Morgan fingerprint density at radius 1 is 1.00 bits per heavy atom. The Morgan fingerprint density at radius 2 is 1.69 bits per heavy atom. The summed E-state index contributed by atoms with van der Waals surface area (Å²) in [5.74, 6) is 0.957. The summed E-state index contributed by atoms with van der Waals surface area (Å²) in [5, 5.41) is 0.396. The molecule has 0 aliphatic carbocycles. The Labute approximate surface area is 209 Å². The molecule has 0 bridgehead atoms. The van der Waals surface area contributed by atoms with Crippen LogP contribution in [0.5, 0.6) is 0 Å². The van der Waals surface area contributed by atoms with E-state index < -0.39 is 16.1 Å². The second kappa shape index (κ2) is 10.8. The Hall–Kier alpha value is -3.62. The Balaban J connectivity index is 1.35. The zero-order chi connectivity index (χ0) is 24.8. The van der Waals surface area contributed by atoms with Gasteiger partial charge in [-0.05, 0) is 42.0 Å². The van der Waals surface area contributed by atoms with Crippen molar-refractivity contribution in [2.24, 2.45) is 0 Å². The first-order valence-corrected chi connectivity index (χ1v) is 12.9. The minimum atomic E-state index is -4.02. The molecule has 0 radical (unpaired) electrons. The van der Waals surface area contributed by atoms with Crippen LogP contribution in [0.1, 0.15) is 18.3 Å². The molecule has 0 spiro atoms. The number of carbonyl (C=O) groups excluding carboxylic acids is 1. The minimum Gasteiger partial charge on any atom is -0.448 e. The number of hydrogen-bond acceptors (Lipinski definition) is 5. The van der Waals surface area contributed by atoms with E-state index in [2.05, 4.69) is 11.5 Å². The molecule has 1 aromatic heterocycles. The highest BCUT2D eigenvalue weighted by molar-refractivity contribution is 7.90. The third kappa shape index (κ3) is 6.09. The second-order valence-electron chi connectivity index (χ2n) is 7.74. The molecule has 0 aliphatic rings. The van der Waals surface area contributed by atoms with Crippen LogP contribution in [0.3, 0.4) is 0 Å². The predicted molar refractivity (Wildman–Crippen MR) is 135 cm³/mol. The van der Waals surface area contributed by atoms with Gasteiger partial charge in [0.15, 0.2) is 0 Å². The standard InChI is InChI=1S/C26H24ClN3O4S/c1-2-25-28-24(20-6-4-3-5-7-20)18-30(25)22-12-8-19(9-13-22)16-17-34-26(31)29-35(32,33)23-14-10-21(27)11-15-23/h3-15,18H,2,16-17H2,1H3,(H,29,31). The van der Waals surface area contributed by atoms with Crippen molar-refractivity contribution in [2.75, 3.05) is 6.61 Å². The largest absolute Gasteiger partial charge is 0.448 e. The maximum atomic E-state index is 12.2. The highest BCUT2D eigenvalue weighted by Crippen LogP contribution is 2.22. The van der Waals surface area contributed by atoms with Crippen LogP contribution >= 0.6 is 11.6 Å². The third-order valence-corrected chi connectivity index (χ3v) is 6.92. The number of aromatic nitrogens is 2. The number of aryl methyl sites for hydroxylation is 1. The highest BCUT2D eigenvalue weighted by atomic mass is 35.5. The number of imidazole rings is 1. The topological polar surface area (TPSA) is 90.3 Å². The van der Waals surface area contributed by atoms with E-state index in [1.807, 2.05) is 65.5 Å². The zero-order valence-corrected chi connectivity index (χ0v) is 20.6. The van der Waals surface area contributed by atoms with Crippen molar-refractivity contribution < 1.29 is 17.9 Å². The van der Waals surface area contributed by atoms with Gasteiger partial charge in [-0.25, -0.2) is 22.9 Å². The van der Waals surface area contributed by atoms with Crippen LogP contribution < -0.4 is 4.72 Å². The van der Waals surface area contributed by atoms with Crippen molar-refractivity contribution in [2.45, 2.75) is 24.7 Å². The SMILES string of the molecule is CCc1nc(-c2ccccc2)cn1-c1ccc(CCOC(=O)NS(=O)(=O)c2ccc(Cl)cc2)cc1. The van der Waals surface area contributed by atoms with Gasteiger partial charge < -0.3 is 9.30 Å². The smallest absolute Gasteiger partial charge is 0.421 e. The summed E-state index contributed by atoms with van der Waals surface area (Å²) < 4.78 is 33.5. The van der Waals surface area contributed by atoms with Crippen molar-refractivity contribution in [3.8, 4) is 16.9 Å². The lowest BCUT2D eigenvalue weighted by molar-refractivity contribution is 0.154. The summed E-state index contributed by atoms with van der Waals surface area (Å²) in [4.78, 5) is 16.7. The van der Waals surface area contributed by atoms with Crippen LogP contribution in [0, 0.1) is 0 Å². The molecule has 0 aliphatic heterocycles.